The van der Waals surface area contributed by atoms with E-state index in [0.717, 1.165) is 43.8 Å². The van der Waals surface area contributed by atoms with Gasteiger partial charge >= 0.3 is 0 Å². The van der Waals surface area contributed by atoms with Gasteiger partial charge < -0.3 is 9.64 Å². The van der Waals surface area contributed by atoms with E-state index in [0.29, 0.717) is 13.0 Å². The Morgan fingerprint density at radius 1 is 0.879 bits per heavy atom. The molecule has 0 atom stereocenters. The molecule has 0 radical (unpaired) electrons. The number of piperidine rings is 1. The first-order chi connectivity index (χ1) is 16.1. The lowest BCUT2D eigenvalue weighted by Gasteiger charge is -2.39. The highest BCUT2D eigenvalue weighted by atomic mass is 16.5. The van der Waals surface area contributed by atoms with Crippen molar-refractivity contribution in [1.29, 1.82) is 0 Å². The molecule has 1 fully saturated rings. The molecule has 0 aliphatic carbocycles. The van der Waals surface area contributed by atoms with Crippen LogP contribution in [-0.2, 0) is 24.3 Å². The number of carbonyl (C=O) groups is 1. The van der Waals surface area contributed by atoms with E-state index in [2.05, 4.69) is 71.3 Å². The average Bonchev–Trinajstić information content (AvgIpc) is 2.85. The smallest absolute Gasteiger partial charge is 0.227 e. The maximum atomic E-state index is 13.5. The third-order valence-corrected chi connectivity index (χ3v) is 6.56. The Kier molecular flexibility index (Phi) is 7.79. The van der Waals surface area contributed by atoms with Crippen molar-refractivity contribution in [3.63, 3.8) is 0 Å². The lowest BCUT2D eigenvalue weighted by atomic mass is 10.00. The number of hydrogen-bond donors (Lipinski definition) is 0. The number of methoxy groups -OCH3 is 1. The number of aryl methyl sites for hydroxylation is 1. The Morgan fingerprint density at radius 3 is 2.15 bits per heavy atom. The van der Waals surface area contributed by atoms with Crippen molar-refractivity contribution in [3.05, 3.63) is 101 Å². The second-order valence-electron chi connectivity index (χ2n) is 9.03. The van der Waals surface area contributed by atoms with Crippen molar-refractivity contribution in [3.8, 4) is 5.75 Å². The lowest BCUT2D eigenvalue weighted by Crippen LogP contribution is -2.47. The van der Waals surface area contributed by atoms with Crippen molar-refractivity contribution >= 4 is 5.91 Å². The minimum Gasteiger partial charge on any atom is -0.497 e. The van der Waals surface area contributed by atoms with Gasteiger partial charge in [0.15, 0.2) is 0 Å². The van der Waals surface area contributed by atoms with Crippen LogP contribution in [0, 0.1) is 6.92 Å². The number of amides is 1. The van der Waals surface area contributed by atoms with Crippen LogP contribution in [-0.4, -0.2) is 41.9 Å². The Morgan fingerprint density at radius 2 is 1.52 bits per heavy atom. The summed E-state index contributed by atoms with van der Waals surface area (Å²) in [4.78, 5) is 18.1. The predicted octanol–water partition coefficient (Wildman–Crippen LogP) is 5.24. The highest BCUT2D eigenvalue weighted by Crippen LogP contribution is 2.22. The molecule has 1 heterocycles. The molecule has 0 aromatic heterocycles. The Labute approximate surface area is 197 Å². The van der Waals surface area contributed by atoms with Gasteiger partial charge in [-0.3, -0.25) is 9.69 Å². The molecule has 33 heavy (non-hydrogen) atoms. The SMILES string of the molecule is COc1ccc(CC(=O)N(Cc2ccc(C)cc2)C2CCN(Cc3ccccc3)CC2)cc1. The minimum absolute atomic E-state index is 0.197. The number of likely N-dealkylation sites (tertiary alicyclic amines) is 1. The monoisotopic (exact) mass is 442 g/mol. The number of nitrogens with zero attached hydrogens (tertiary/aromatic N) is 2. The molecule has 172 valence electrons. The standard InChI is InChI=1S/C29H34N2O2/c1-23-8-10-26(11-9-23)22-31(29(32)20-24-12-14-28(33-2)15-13-24)27-16-18-30(19-17-27)21-25-6-4-3-5-7-25/h3-15,27H,16-22H2,1-2H3. The summed E-state index contributed by atoms with van der Waals surface area (Å²) >= 11 is 0. The zero-order valence-electron chi connectivity index (χ0n) is 19.7. The van der Waals surface area contributed by atoms with Crippen LogP contribution in [0.1, 0.15) is 35.1 Å². The van der Waals surface area contributed by atoms with E-state index in [1.165, 1.54) is 16.7 Å². The van der Waals surface area contributed by atoms with Crippen LogP contribution in [0.15, 0.2) is 78.9 Å². The van der Waals surface area contributed by atoms with Gasteiger partial charge in [0.25, 0.3) is 0 Å². The number of rotatable bonds is 8. The molecule has 1 amide bonds. The molecule has 0 saturated carbocycles. The quantitative estimate of drug-likeness (QED) is 0.478. The molecule has 4 rings (SSSR count). The molecule has 4 heteroatoms. The lowest BCUT2D eigenvalue weighted by molar-refractivity contribution is -0.134. The fraction of sp³-hybridized carbons (Fsp3) is 0.345. The summed E-state index contributed by atoms with van der Waals surface area (Å²) in [6.45, 7) is 5.77. The van der Waals surface area contributed by atoms with Gasteiger partial charge in [-0.25, -0.2) is 0 Å². The van der Waals surface area contributed by atoms with E-state index in [4.69, 9.17) is 4.74 Å². The third-order valence-electron chi connectivity index (χ3n) is 6.56. The normalized spacial score (nSPS) is 14.7. The summed E-state index contributed by atoms with van der Waals surface area (Å²) < 4.78 is 5.26. The molecule has 4 nitrogen and oxygen atoms in total. The van der Waals surface area contributed by atoms with Gasteiger partial charge in [-0.15, -0.1) is 0 Å². The van der Waals surface area contributed by atoms with Crippen molar-refractivity contribution in [1.82, 2.24) is 9.80 Å². The highest BCUT2D eigenvalue weighted by molar-refractivity contribution is 5.79. The van der Waals surface area contributed by atoms with Crippen LogP contribution in [0.3, 0.4) is 0 Å². The Bertz CT molecular complexity index is 1010. The first-order valence-corrected chi connectivity index (χ1v) is 11.8. The fourth-order valence-corrected chi connectivity index (χ4v) is 4.56. The molecule has 0 N–H and O–H groups in total. The summed E-state index contributed by atoms with van der Waals surface area (Å²) in [6, 6.07) is 27.3. The molecule has 0 unspecified atom stereocenters. The van der Waals surface area contributed by atoms with Gasteiger partial charge in [-0.2, -0.15) is 0 Å². The summed E-state index contributed by atoms with van der Waals surface area (Å²) in [6.07, 6.45) is 2.43. The van der Waals surface area contributed by atoms with E-state index in [1.54, 1.807) is 7.11 Å². The second kappa shape index (κ2) is 11.2. The van der Waals surface area contributed by atoms with E-state index >= 15 is 0 Å². The van der Waals surface area contributed by atoms with Gasteiger partial charge in [0.1, 0.15) is 5.75 Å². The van der Waals surface area contributed by atoms with Crippen molar-refractivity contribution in [2.24, 2.45) is 0 Å². The Balaban J connectivity index is 1.44. The first-order valence-electron chi connectivity index (χ1n) is 11.8. The zero-order valence-corrected chi connectivity index (χ0v) is 19.7. The van der Waals surface area contributed by atoms with Gasteiger partial charge in [0, 0.05) is 32.2 Å². The maximum absolute atomic E-state index is 13.5. The molecule has 3 aromatic rings. The number of benzene rings is 3. The zero-order chi connectivity index (χ0) is 23.0. The minimum atomic E-state index is 0.197. The van der Waals surface area contributed by atoms with Gasteiger partial charge in [-0.1, -0.05) is 72.3 Å². The van der Waals surface area contributed by atoms with E-state index in [1.807, 2.05) is 24.3 Å². The van der Waals surface area contributed by atoms with Crippen molar-refractivity contribution < 1.29 is 9.53 Å². The second-order valence-corrected chi connectivity index (χ2v) is 9.03. The van der Waals surface area contributed by atoms with Gasteiger partial charge in [-0.05, 0) is 48.6 Å². The third kappa shape index (κ3) is 6.45. The van der Waals surface area contributed by atoms with Crippen LogP contribution >= 0.6 is 0 Å². The average molecular weight is 443 g/mol. The largest absolute Gasteiger partial charge is 0.497 e. The van der Waals surface area contributed by atoms with E-state index in [-0.39, 0.29) is 11.9 Å². The van der Waals surface area contributed by atoms with Crippen LogP contribution in [0.5, 0.6) is 5.75 Å². The molecule has 1 aliphatic heterocycles. The van der Waals surface area contributed by atoms with Crippen LogP contribution in [0.25, 0.3) is 0 Å². The van der Waals surface area contributed by atoms with E-state index in [9.17, 15) is 4.79 Å². The maximum Gasteiger partial charge on any atom is 0.227 e. The molecule has 0 bridgehead atoms. The number of hydrogen-bond acceptors (Lipinski definition) is 3. The summed E-state index contributed by atoms with van der Waals surface area (Å²) in [7, 11) is 1.66. The van der Waals surface area contributed by atoms with Crippen LogP contribution in [0.2, 0.25) is 0 Å². The van der Waals surface area contributed by atoms with Gasteiger partial charge in [0.05, 0.1) is 13.5 Å². The van der Waals surface area contributed by atoms with Gasteiger partial charge in [0.2, 0.25) is 5.91 Å². The summed E-state index contributed by atoms with van der Waals surface area (Å²) in [5.41, 5.74) is 4.80. The first kappa shape index (κ1) is 23.1. The number of ether oxygens (including phenoxy) is 1. The highest BCUT2D eigenvalue weighted by Gasteiger charge is 2.28. The molecular formula is C29H34N2O2. The molecule has 0 spiro atoms. The van der Waals surface area contributed by atoms with Crippen molar-refractivity contribution in [2.45, 2.75) is 45.3 Å². The topological polar surface area (TPSA) is 32.8 Å². The Hall–Kier alpha value is -3.11. The van der Waals surface area contributed by atoms with Crippen LogP contribution in [0.4, 0.5) is 0 Å². The van der Waals surface area contributed by atoms with E-state index < -0.39 is 0 Å². The molecular weight excluding hydrogens is 408 g/mol. The summed E-state index contributed by atoms with van der Waals surface area (Å²) in [5.74, 6) is 1.01. The molecule has 1 aliphatic rings. The fourth-order valence-electron chi connectivity index (χ4n) is 4.56. The molecule has 3 aromatic carbocycles. The number of carbonyl (C=O) groups excluding carboxylic acids is 1. The van der Waals surface area contributed by atoms with Crippen LogP contribution < -0.4 is 4.74 Å². The summed E-state index contributed by atoms with van der Waals surface area (Å²) in [5, 5.41) is 0. The predicted molar refractivity (Wildman–Crippen MR) is 133 cm³/mol. The molecule has 1 saturated heterocycles. The van der Waals surface area contributed by atoms with Crippen molar-refractivity contribution in [2.75, 3.05) is 20.2 Å².